The zero-order valence-electron chi connectivity index (χ0n) is 13.5. The Kier molecular flexibility index (Phi) is 5.21. The Morgan fingerprint density at radius 1 is 1.45 bits per heavy atom. The molecular formula is C16H22BrN3O2. The normalized spacial score (nSPS) is 19.4. The largest absolute Gasteiger partial charge is 0.444 e. The van der Waals surface area contributed by atoms with Gasteiger partial charge in [-0.15, -0.1) is 0 Å². The summed E-state index contributed by atoms with van der Waals surface area (Å²) in [7, 11) is 0. The molecule has 1 atom stereocenters. The maximum absolute atomic E-state index is 12.1. The minimum atomic E-state index is -0.459. The molecule has 1 amide bonds. The number of aromatic nitrogens is 1. The van der Waals surface area contributed by atoms with Crippen LogP contribution in [0.2, 0.25) is 0 Å². The molecule has 1 aliphatic heterocycles. The SMILES string of the molecule is CC(=Nc1ccc(Br)cn1)C1CCN(C(=O)OC(C)(C)C)C1. The van der Waals surface area contributed by atoms with Crippen LogP contribution in [0.1, 0.15) is 34.1 Å². The maximum Gasteiger partial charge on any atom is 0.410 e. The van der Waals surface area contributed by atoms with Crippen LogP contribution in [-0.4, -0.2) is 40.4 Å². The van der Waals surface area contributed by atoms with Crippen molar-refractivity contribution in [3.05, 3.63) is 22.8 Å². The molecule has 5 nitrogen and oxygen atoms in total. The Morgan fingerprint density at radius 3 is 2.77 bits per heavy atom. The first kappa shape index (κ1) is 16.9. The van der Waals surface area contributed by atoms with E-state index >= 15 is 0 Å². The van der Waals surface area contributed by atoms with Gasteiger partial charge in [0.05, 0.1) is 0 Å². The average Bonchev–Trinajstić information content (AvgIpc) is 2.89. The summed E-state index contributed by atoms with van der Waals surface area (Å²) in [5.74, 6) is 0.953. The molecule has 0 N–H and O–H groups in total. The third-order valence-corrected chi connectivity index (χ3v) is 3.90. The molecule has 6 heteroatoms. The lowest BCUT2D eigenvalue weighted by atomic mass is 10.0. The summed E-state index contributed by atoms with van der Waals surface area (Å²) in [6, 6.07) is 3.79. The zero-order chi connectivity index (χ0) is 16.3. The van der Waals surface area contributed by atoms with Crippen molar-refractivity contribution in [3.63, 3.8) is 0 Å². The van der Waals surface area contributed by atoms with E-state index in [0.29, 0.717) is 18.9 Å². The van der Waals surface area contributed by atoms with Crippen LogP contribution in [-0.2, 0) is 4.74 Å². The van der Waals surface area contributed by atoms with Gasteiger partial charge in [-0.25, -0.2) is 14.8 Å². The van der Waals surface area contributed by atoms with Crippen LogP contribution in [0.15, 0.2) is 27.8 Å². The Hall–Kier alpha value is -1.43. The molecule has 0 radical (unpaired) electrons. The van der Waals surface area contributed by atoms with Crippen LogP contribution in [0.3, 0.4) is 0 Å². The molecule has 120 valence electrons. The first-order valence-electron chi connectivity index (χ1n) is 7.39. The van der Waals surface area contributed by atoms with E-state index in [4.69, 9.17) is 4.74 Å². The summed E-state index contributed by atoms with van der Waals surface area (Å²) in [4.78, 5) is 22.6. The Bertz CT molecular complexity index is 564. The van der Waals surface area contributed by atoms with Gasteiger partial charge in [-0.05, 0) is 62.2 Å². The topological polar surface area (TPSA) is 54.8 Å². The van der Waals surface area contributed by atoms with Crippen LogP contribution < -0.4 is 0 Å². The zero-order valence-corrected chi connectivity index (χ0v) is 15.1. The van der Waals surface area contributed by atoms with Gasteiger partial charge in [0.25, 0.3) is 0 Å². The predicted molar refractivity (Wildman–Crippen MR) is 90.6 cm³/mol. The molecule has 1 saturated heterocycles. The van der Waals surface area contributed by atoms with Gasteiger partial charge in [0.15, 0.2) is 5.82 Å². The number of halogens is 1. The monoisotopic (exact) mass is 367 g/mol. The lowest BCUT2D eigenvalue weighted by Gasteiger charge is -2.24. The summed E-state index contributed by atoms with van der Waals surface area (Å²) in [6.45, 7) is 8.99. The molecule has 2 rings (SSSR count). The fourth-order valence-electron chi connectivity index (χ4n) is 2.30. The lowest BCUT2D eigenvalue weighted by molar-refractivity contribution is 0.0292. The highest BCUT2D eigenvalue weighted by atomic mass is 79.9. The molecular weight excluding hydrogens is 346 g/mol. The Balaban J connectivity index is 1.97. The number of amides is 1. The van der Waals surface area contributed by atoms with Crippen LogP contribution in [0, 0.1) is 5.92 Å². The number of hydrogen-bond donors (Lipinski definition) is 0. The van der Waals surface area contributed by atoms with E-state index < -0.39 is 5.60 Å². The smallest absolute Gasteiger partial charge is 0.410 e. The van der Waals surface area contributed by atoms with Crippen LogP contribution in [0.4, 0.5) is 10.6 Å². The van der Waals surface area contributed by atoms with Crippen molar-refractivity contribution in [1.29, 1.82) is 0 Å². The van der Waals surface area contributed by atoms with Gasteiger partial charge < -0.3 is 9.64 Å². The predicted octanol–water partition coefficient (Wildman–Crippen LogP) is 4.19. The molecule has 22 heavy (non-hydrogen) atoms. The summed E-state index contributed by atoms with van der Waals surface area (Å²) >= 11 is 3.36. The number of nitrogens with zero attached hydrogens (tertiary/aromatic N) is 3. The third kappa shape index (κ3) is 4.80. The molecule has 0 aromatic carbocycles. The molecule has 1 aromatic heterocycles. The van der Waals surface area contributed by atoms with E-state index in [0.717, 1.165) is 16.6 Å². The van der Waals surface area contributed by atoms with Crippen molar-refractivity contribution in [1.82, 2.24) is 9.88 Å². The summed E-state index contributed by atoms with van der Waals surface area (Å²) < 4.78 is 6.34. The fourth-order valence-corrected chi connectivity index (χ4v) is 2.53. The van der Waals surface area contributed by atoms with Crippen molar-refractivity contribution >= 4 is 33.6 Å². The second-order valence-electron chi connectivity index (χ2n) is 6.50. The maximum atomic E-state index is 12.1. The van der Waals surface area contributed by atoms with E-state index in [1.54, 1.807) is 11.1 Å². The van der Waals surface area contributed by atoms with Crippen LogP contribution in [0.5, 0.6) is 0 Å². The standard InChI is InChI=1S/C16H22BrN3O2/c1-11(19-14-6-5-13(17)9-18-14)12-7-8-20(10-12)15(21)22-16(2,3)4/h5-6,9,12H,7-8,10H2,1-4H3. The summed E-state index contributed by atoms with van der Waals surface area (Å²) in [6.07, 6.45) is 2.39. The van der Waals surface area contributed by atoms with E-state index in [9.17, 15) is 4.79 Å². The van der Waals surface area contributed by atoms with Crippen molar-refractivity contribution in [2.45, 2.75) is 39.7 Å². The van der Waals surface area contributed by atoms with Gasteiger partial charge in [0.1, 0.15) is 5.60 Å². The molecule has 0 aliphatic carbocycles. The number of likely N-dealkylation sites (tertiary alicyclic amines) is 1. The Labute approximate surface area is 139 Å². The summed E-state index contributed by atoms with van der Waals surface area (Å²) in [5.41, 5.74) is 0.542. The van der Waals surface area contributed by atoms with Gasteiger partial charge in [-0.3, -0.25) is 0 Å². The molecule has 0 bridgehead atoms. The lowest BCUT2D eigenvalue weighted by Crippen LogP contribution is -2.35. The molecule has 0 spiro atoms. The van der Waals surface area contributed by atoms with Crippen molar-refractivity contribution < 1.29 is 9.53 Å². The molecule has 2 heterocycles. The van der Waals surface area contributed by atoms with E-state index in [-0.39, 0.29) is 12.0 Å². The van der Waals surface area contributed by atoms with Crippen molar-refractivity contribution in [2.75, 3.05) is 13.1 Å². The minimum Gasteiger partial charge on any atom is -0.444 e. The first-order valence-corrected chi connectivity index (χ1v) is 8.18. The van der Waals surface area contributed by atoms with Gasteiger partial charge in [-0.1, -0.05) is 0 Å². The van der Waals surface area contributed by atoms with Gasteiger partial charge in [0.2, 0.25) is 0 Å². The first-order chi connectivity index (χ1) is 10.2. The molecule has 0 saturated carbocycles. The highest BCUT2D eigenvalue weighted by Crippen LogP contribution is 2.22. The second kappa shape index (κ2) is 6.77. The minimum absolute atomic E-state index is 0.246. The van der Waals surface area contributed by atoms with Crippen molar-refractivity contribution in [3.8, 4) is 0 Å². The molecule has 1 unspecified atom stereocenters. The average molecular weight is 368 g/mol. The number of hydrogen-bond acceptors (Lipinski definition) is 4. The molecule has 1 aromatic rings. The van der Waals surface area contributed by atoms with Crippen molar-refractivity contribution in [2.24, 2.45) is 10.9 Å². The van der Waals surface area contributed by atoms with E-state index in [1.807, 2.05) is 39.8 Å². The highest BCUT2D eigenvalue weighted by molar-refractivity contribution is 9.10. The second-order valence-corrected chi connectivity index (χ2v) is 7.42. The third-order valence-electron chi connectivity index (χ3n) is 3.43. The number of aliphatic imine (C=N–C) groups is 1. The number of pyridine rings is 1. The number of rotatable bonds is 2. The molecule has 1 fully saturated rings. The number of carbonyl (C=O) groups is 1. The van der Waals surface area contributed by atoms with Gasteiger partial charge >= 0.3 is 6.09 Å². The summed E-state index contributed by atoms with van der Waals surface area (Å²) in [5, 5.41) is 0. The number of ether oxygens (including phenoxy) is 1. The van der Waals surface area contributed by atoms with Crippen LogP contribution >= 0.6 is 15.9 Å². The van der Waals surface area contributed by atoms with Gasteiger partial charge in [-0.2, -0.15) is 0 Å². The van der Waals surface area contributed by atoms with E-state index in [2.05, 4.69) is 25.9 Å². The fraction of sp³-hybridized carbons (Fsp3) is 0.562. The number of carbonyl (C=O) groups excluding carboxylic acids is 1. The van der Waals surface area contributed by atoms with Gasteiger partial charge in [0, 0.05) is 35.4 Å². The quantitative estimate of drug-likeness (QED) is 0.736. The van der Waals surface area contributed by atoms with E-state index in [1.165, 1.54) is 0 Å². The highest BCUT2D eigenvalue weighted by Gasteiger charge is 2.31. The Morgan fingerprint density at radius 2 is 2.18 bits per heavy atom. The molecule has 1 aliphatic rings. The van der Waals surface area contributed by atoms with Crippen LogP contribution in [0.25, 0.3) is 0 Å².